The maximum atomic E-state index is 5.67. The molecule has 1 aliphatic carbocycles. The predicted octanol–water partition coefficient (Wildman–Crippen LogP) is 2.65. The van der Waals surface area contributed by atoms with Crippen LogP contribution >= 0.6 is 0 Å². The Morgan fingerprint density at radius 3 is 2.79 bits per heavy atom. The van der Waals surface area contributed by atoms with Crippen molar-refractivity contribution in [1.29, 1.82) is 0 Å². The molecule has 0 aromatic carbocycles. The van der Waals surface area contributed by atoms with Crippen LogP contribution in [0.4, 0.5) is 0 Å². The van der Waals surface area contributed by atoms with Crippen LogP contribution in [-0.2, 0) is 4.74 Å². The van der Waals surface area contributed by atoms with Crippen LogP contribution in [0.2, 0.25) is 0 Å². The van der Waals surface area contributed by atoms with E-state index in [1.54, 1.807) is 0 Å². The largest absolute Gasteiger partial charge is 0.378 e. The van der Waals surface area contributed by atoms with Gasteiger partial charge in [-0.15, -0.1) is 0 Å². The minimum atomic E-state index is 0.427. The Hall–Kier alpha value is -0.120. The van der Waals surface area contributed by atoms with Crippen LogP contribution in [0.25, 0.3) is 0 Å². The molecule has 1 saturated heterocycles. The van der Waals surface area contributed by atoms with E-state index in [4.69, 9.17) is 4.74 Å². The second-order valence-electron chi connectivity index (χ2n) is 6.90. The molecule has 1 saturated carbocycles. The van der Waals surface area contributed by atoms with Gasteiger partial charge < -0.3 is 10.1 Å². The summed E-state index contributed by atoms with van der Waals surface area (Å²) in [5.41, 5.74) is 0.427. The molecule has 112 valence electrons. The van der Waals surface area contributed by atoms with Crippen LogP contribution in [0.1, 0.15) is 53.4 Å². The highest BCUT2D eigenvalue weighted by molar-refractivity contribution is 5.02. The van der Waals surface area contributed by atoms with Crippen LogP contribution in [0.3, 0.4) is 0 Å². The number of morpholine rings is 1. The third-order valence-corrected chi connectivity index (χ3v) is 5.10. The Kier molecular flexibility index (Phi) is 5.27. The first kappa shape index (κ1) is 15.3. The zero-order chi connectivity index (χ0) is 13.9. The molecule has 19 heavy (non-hydrogen) atoms. The zero-order valence-electron chi connectivity index (χ0n) is 13.2. The maximum absolute atomic E-state index is 5.67. The molecule has 3 atom stereocenters. The fourth-order valence-electron chi connectivity index (χ4n) is 3.89. The lowest BCUT2D eigenvalue weighted by Crippen LogP contribution is -2.58. The van der Waals surface area contributed by atoms with Gasteiger partial charge in [0.2, 0.25) is 0 Å². The quantitative estimate of drug-likeness (QED) is 0.829. The van der Waals surface area contributed by atoms with Gasteiger partial charge in [0.05, 0.1) is 13.2 Å². The fraction of sp³-hybridized carbons (Fsp3) is 1.00. The van der Waals surface area contributed by atoms with E-state index in [0.29, 0.717) is 23.5 Å². The molecule has 3 heteroatoms. The SMILES string of the molecule is CCCNC1C(N2CCOCC2CC)CCC1(C)C. The first-order valence-corrected chi connectivity index (χ1v) is 8.17. The van der Waals surface area contributed by atoms with E-state index in [0.717, 1.165) is 26.3 Å². The van der Waals surface area contributed by atoms with E-state index in [-0.39, 0.29) is 0 Å². The van der Waals surface area contributed by atoms with E-state index in [1.807, 2.05) is 0 Å². The second kappa shape index (κ2) is 6.55. The first-order chi connectivity index (χ1) is 9.10. The van der Waals surface area contributed by atoms with Crippen molar-refractivity contribution in [3.8, 4) is 0 Å². The third kappa shape index (κ3) is 3.32. The van der Waals surface area contributed by atoms with Gasteiger partial charge in [-0.25, -0.2) is 0 Å². The van der Waals surface area contributed by atoms with Gasteiger partial charge in [0.1, 0.15) is 0 Å². The second-order valence-corrected chi connectivity index (χ2v) is 6.90. The molecular weight excluding hydrogens is 236 g/mol. The topological polar surface area (TPSA) is 24.5 Å². The molecule has 0 amide bonds. The Labute approximate surface area is 119 Å². The minimum Gasteiger partial charge on any atom is -0.378 e. The van der Waals surface area contributed by atoms with Crippen LogP contribution in [0, 0.1) is 5.41 Å². The summed E-state index contributed by atoms with van der Waals surface area (Å²) in [6, 6.07) is 1.97. The normalized spacial score (nSPS) is 35.7. The Morgan fingerprint density at radius 1 is 1.32 bits per heavy atom. The smallest absolute Gasteiger partial charge is 0.0622 e. The van der Waals surface area contributed by atoms with Gasteiger partial charge in [0.15, 0.2) is 0 Å². The summed E-state index contributed by atoms with van der Waals surface area (Å²) in [6.45, 7) is 13.5. The summed E-state index contributed by atoms with van der Waals surface area (Å²) in [4.78, 5) is 2.74. The lowest BCUT2D eigenvalue weighted by atomic mass is 9.86. The fourth-order valence-corrected chi connectivity index (χ4v) is 3.89. The maximum Gasteiger partial charge on any atom is 0.0622 e. The molecule has 1 aliphatic heterocycles. The molecule has 0 aromatic heterocycles. The highest BCUT2D eigenvalue weighted by Crippen LogP contribution is 2.41. The molecule has 2 rings (SSSR count). The summed E-state index contributed by atoms with van der Waals surface area (Å²) in [7, 11) is 0. The highest BCUT2D eigenvalue weighted by atomic mass is 16.5. The van der Waals surface area contributed by atoms with Gasteiger partial charge in [0, 0.05) is 24.7 Å². The Balaban J connectivity index is 2.07. The molecular formula is C16H32N2O. The minimum absolute atomic E-state index is 0.427. The lowest BCUT2D eigenvalue weighted by molar-refractivity contribution is -0.0369. The van der Waals surface area contributed by atoms with Crippen molar-refractivity contribution in [3.05, 3.63) is 0 Å². The first-order valence-electron chi connectivity index (χ1n) is 8.17. The number of hydrogen-bond donors (Lipinski definition) is 1. The van der Waals surface area contributed by atoms with E-state index in [9.17, 15) is 0 Å². The lowest BCUT2D eigenvalue weighted by Gasteiger charge is -2.43. The number of hydrogen-bond acceptors (Lipinski definition) is 3. The van der Waals surface area contributed by atoms with E-state index in [2.05, 4.69) is 37.9 Å². The highest BCUT2D eigenvalue weighted by Gasteiger charge is 2.45. The predicted molar refractivity (Wildman–Crippen MR) is 80.5 cm³/mol. The molecule has 0 aromatic rings. The van der Waals surface area contributed by atoms with Gasteiger partial charge >= 0.3 is 0 Å². The average Bonchev–Trinajstić information content (AvgIpc) is 2.71. The zero-order valence-corrected chi connectivity index (χ0v) is 13.2. The van der Waals surface area contributed by atoms with Crippen molar-refractivity contribution in [2.24, 2.45) is 5.41 Å². The van der Waals surface area contributed by atoms with Crippen molar-refractivity contribution < 1.29 is 4.74 Å². The Morgan fingerprint density at radius 2 is 2.11 bits per heavy atom. The molecule has 1 heterocycles. The van der Waals surface area contributed by atoms with E-state index < -0.39 is 0 Å². The number of nitrogens with zero attached hydrogens (tertiary/aromatic N) is 1. The molecule has 2 aliphatic rings. The van der Waals surface area contributed by atoms with E-state index >= 15 is 0 Å². The number of ether oxygens (including phenoxy) is 1. The molecule has 0 spiro atoms. The number of rotatable bonds is 5. The molecule has 2 fully saturated rings. The summed E-state index contributed by atoms with van der Waals surface area (Å²) in [6.07, 6.45) is 5.11. The van der Waals surface area contributed by atoms with Gasteiger partial charge in [-0.05, 0) is 37.6 Å². The summed E-state index contributed by atoms with van der Waals surface area (Å²) in [5.74, 6) is 0. The van der Waals surface area contributed by atoms with E-state index in [1.165, 1.54) is 25.7 Å². The van der Waals surface area contributed by atoms with Crippen LogP contribution in [0.15, 0.2) is 0 Å². The molecule has 0 bridgehead atoms. The third-order valence-electron chi connectivity index (χ3n) is 5.10. The van der Waals surface area contributed by atoms with Gasteiger partial charge in [0.25, 0.3) is 0 Å². The molecule has 3 nitrogen and oxygen atoms in total. The average molecular weight is 268 g/mol. The monoisotopic (exact) mass is 268 g/mol. The standard InChI is InChI=1S/C16H32N2O/c1-5-9-17-15-14(7-8-16(15,3)4)18-10-11-19-12-13(18)6-2/h13-15,17H,5-12H2,1-4H3. The van der Waals surface area contributed by atoms with Gasteiger partial charge in [-0.3, -0.25) is 4.90 Å². The van der Waals surface area contributed by atoms with Crippen LogP contribution in [0.5, 0.6) is 0 Å². The van der Waals surface area contributed by atoms with Crippen LogP contribution in [-0.4, -0.2) is 49.3 Å². The Bertz CT molecular complexity index is 280. The van der Waals surface area contributed by atoms with Crippen molar-refractivity contribution in [1.82, 2.24) is 10.2 Å². The molecule has 3 unspecified atom stereocenters. The molecule has 1 N–H and O–H groups in total. The number of nitrogens with one attached hydrogen (secondary N) is 1. The van der Waals surface area contributed by atoms with Crippen molar-refractivity contribution in [2.45, 2.75) is 71.5 Å². The van der Waals surface area contributed by atoms with Crippen molar-refractivity contribution >= 4 is 0 Å². The molecule has 0 radical (unpaired) electrons. The summed E-state index contributed by atoms with van der Waals surface area (Å²) in [5, 5.41) is 3.83. The van der Waals surface area contributed by atoms with Gasteiger partial charge in [-0.2, -0.15) is 0 Å². The van der Waals surface area contributed by atoms with Gasteiger partial charge in [-0.1, -0.05) is 27.7 Å². The summed E-state index contributed by atoms with van der Waals surface area (Å²) < 4.78 is 5.67. The van der Waals surface area contributed by atoms with Crippen LogP contribution < -0.4 is 5.32 Å². The van der Waals surface area contributed by atoms with Crippen molar-refractivity contribution in [2.75, 3.05) is 26.3 Å². The summed E-state index contributed by atoms with van der Waals surface area (Å²) >= 11 is 0. The van der Waals surface area contributed by atoms with Crippen molar-refractivity contribution in [3.63, 3.8) is 0 Å².